The Hall–Kier alpha value is -1.05. The van der Waals surface area contributed by atoms with E-state index in [0.29, 0.717) is 0 Å². The van der Waals surface area contributed by atoms with Gasteiger partial charge < -0.3 is 15.2 Å². The summed E-state index contributed by atoms with van der Waals surface area (Å²) in [5.41, 5.74) is 0.237. The van der Waals surface area contributed by atoms with Gasteiger partial charge in [0.1, 0.15) is 5.75 Å². The van der Waals surface area contributed by atoms with Crippen molar-refractivity contribution in [3.8, 4) is 5.75 Å². The number of aliphatic hydroxyl groups is 1. The van der Waals surface area contributed by atoms with Crippen LogP contribution in [-0.2, 0) is 6.54 Å². The summed E-state index contributed by atoms with van der Waals surface area (Å²) in [6.45, 7) is -3.55. The van der Waals surface area contributed by atoms with Crippen molar-refractivity contribution in [2.24, 2.45) is 0 Å². The molecule has 0 aliphatic heterocycles. The van der Waals surface area contributed by atoms with Gasteiger partial charge in [0.2, 0.25) is 0 Å². The number of aliphatic hydroxyl groups excluding tert-OH is 1. The van der Waals surface area contributed by atoms with Crippen molar-refractivity contribution in [2.75, 3.05) is 6.61 Å². The second-order valence-electron chi connectivity index (χ2n) is 3.96. The molecule has 0 spiro atoms. The molecule has 1 atom stereocenters. The molecule has 1 aromatic rings. The van der Waals surface area contributed by atoms with E-state index in [1.165, 1.54) is 18.2 Å². The molecule has 0 aliphatic carbocycles. The van der Waals surface area contributed by atoms with E-state index >= 15 is 0 Å². The largest absolute Gasteiger partial charge is 0.434 e. The van der Waals surface area contributed by atoms with E-state index in [2.05, 4.69) is 10.1 Å². The standard InChI is InChI=1S/C12H14ClF4NO2/c13-8-1-2-10(20-12(16)17)7(5-8)6-18-9(3-4-19)11(14)15/h1-2,5,9,11-12,18-19H,3-4,6H2. The fourth-order valence-electron chi connectivity index (χ4n) is 1.59. The topological polar surface area (TPSA) is 41.5 Å². The van der Waals surface area contributed by atoms with Crippen LogP contribution in [0.25, 0.3) is 0 Å². The smallest absolute Gasteiger partial charge is 0.387 e. The van der Waals surface area contributed by atoms with Crippen LogP contribution in [0.3, 0.4) is 0 Å². The number of halogens is 5. The van der Waals surface area contributed by atoms with Gasteiger partial charge in [0.05, 0.1) is 6.04 Å². The lowest BCUT2D eigenvalue weighted by atomic mass is 10.1. The third kappa shape index (κ3) is 5.52. The zero-order valence-corrected chi connectivity index (χ0v) is 11.1. The molecular formula is C12H14ClF4NO2. The first-order chi connectivity index (χ1) is 9.43. The normalized spacial score (nSPS) is 13.0. The van der Waals surface area contributed by atoms with Crippen molar-refractivity contribution < 1.29 is 27.4 Å². The van der Waals surface area contributed by atoms with Gasteiger partial charge in [0.25, 0.3) is 6.43 Å². The molecule has 0 aliphatic rings. The zero-order chi connectivity index (χ0) is 15.1. The van der Waals surface area contributed by atoms with Crippen LogP contribution < -0.4 is 10.1 Å². The summed E-state index contributed by atoms with van der Waals surface area (Å²) >= 11 is 5.73. The van der Waals surface area contributed by atoms with Crippen molar-refractivity contribution in [2.45, 2.75) is 32.0 Å². The Kier molecular flexibility index (Phi) is 7.04. The highest BCUT2D eigenvalue weighted by Gasteiger charge is 2.20. The van der Waals surface area contributed by atoms with Crippen LogP contribution in [0.15, 0.2) is 18.2 Å². The Morgan fingerprint density at radius 2 is 1.95 bits per heavy atom. The monoisotopic (exact) mass is 315 g/mol. The minimum Gasteiger partial charge on any atom is -0.434 e. The van der Waals surface area contributed by atoms with Gasteiger partial charge in [-0.15, -0.1) is 0 Å². The molecule has 1 rings (SSSR count). The quantitative estimate of drug-likeness (QED) is 0.725. The average molecular weight is 316 g/mol. The van der Waals surface area contributed by atoms with Crippen LogP contribution in [0.2, 0.25) is 5.02 Å². The van der Waals surface area contributed by atoms with Crippen molar-refractivity contribution in [1.29, 1.82) is 0 Å². The summed E-state index contributed by atoms with van der Waals surface area (Å²) in [5.74, 6) is -0.131. The highest BCUT2D eigenvalue weighted by molar-refractivity contribution is 6.30. The molecule has 3 nitrogen and oxygen atoms in total. The van der Waals surface area contributed by atoms with Crippen LogP contribution in [0.5, 0.6) is 5.75 Å². The van der Waals surface area contributed by atoms with E-state index in [9.17, 15) is 17.6 Å². The van der Waals surface area contributed by atoms with Crippen molar-refractivity contribution in [3.63, 3.8) is 0 Å². The molecular weight excluding hydrogens is 302 g/mol. The van der Waals surface area contributed by atoms with E-state index < -0.39 is 25.7 Å². The maximum atomic E-state index is 12.6. The fourth-order valence-corrected chi connectivity index (χ4v) is 1.79. The maximum absolute atomic E-state index is 12.6. The molecule has 1 unspecified atom stereocenters. The average Bonchev–Trinajstić information content (AvgIpc) is 2.36. The third-order valence-corrected chi connectivity index (χ3v) is 2.77. The SMILES string of the molecule is OCCC(NCc1cc(Cl)ccc1OC(F)F)C(F)F. The summed E-state index contributed by atoms with van der Waals surface area (Å²) < 4.78 is 54.0. The summed E-state index contributed by atoms with van der Waals surface area (Å²) in [7, 11) is 0. The van der Waals surface area contributed by atoms with Gasteiger partial charge in [-0.05, 0) is 24.6 Å². The number of rotatable bonds is 8. The Labute approximate surface area is 118 Å². The molecule has 0 fully saturated rings. The van der Waals surface area contributed by atoms with Crippen molar-refractivity contribution >= 4 is 11.6 Å². The van der Waals surface area contributed by atoms with Crippen LogP contribution in [-0.4, -0.2) is 30.8 Å². The van der Waals surface area contributed by atoms with Crippen LogP contribution in [0.4, 0.5) is 17.6 Å². The molecule has 0 saturated heterocycles. The minimum atomic E-state index is -3.02. The van der Waals surface area contributed by atoms with Gasteiger partial charge in [0.15, 0.2) is 0 Å². The van der Waals surface area contributed by atoms with Crippen LogP contribution in [0.1, 0.15) is 12.0 Å². The van der Waals surface area contributed by atoms with Crippen LogP contribution >= 0.6 is 11.6 Å². The number of ether oxygens (including phenoxy) is 1. The van der Waals surface area contributed by atoms with Crippen molar-refractivity contribution in [1.82, 2.24) is 5.32 Å². The molecule has 2 N–H and O–H groups in total. The first kappa shape index (κ1) is 17.0. The molecule has 20 heavy (non-hydrogen) atoms. The number of hydrogen-bond acceptors (Lipinski definition) is 3. The zero-order valence-electron chi connectivity index (χ0n) is 10.3. The van der Waals surface area contributed by atoms with E-state index in [0.717, 1.165) is 0 Å². The summed E-state index contributed by atoms with van der Waals surface area (Å²) in [6, 6.07) is 2.72. The lowest BCUT2D eigenvalue weighted by molar-refractivity contribution is -0.0505. The van der Waals surface area contributed by atoms with E-state index in [-0.39, 0.29) is 29.3 Å². The summed E-state index contributed by atoms with van der Waals surface area (Å²) in [6.07, 6.45) is -2.83. The number of alkyl halides is 4. The first-order valence-electron chi connectivity index (χ1n) is 5.79. The Morgan fingerprint density at radius 1 is 1.25 bits per heavy atom. The second kappa shape index (κ2) is 8.28. The minimum absolute atomic E-state index is 0.127. The molecule has 8 heteroatoms. The fraction of sp³-hybridized carbons (Fsp3) is 0.500. The Balaban J connectivity index is 2.76. The van der Waals surface area contributed by atoms with E-state index in [4.69, 9.17) is 16.7 Å². The van der Waals surface area contributed by atoms with Crippen molar-refractivity contribution in [3.05, 3.63) is 28.8 Å². The lowest BCUT2D eigenvalue weighted by Crippen LogP contribution is -2.36. The molecule has 1 aromatic carbocycles. The third-order valence-electron chi connectivity index (χ3n) is 2.54. The van der Waals surface area contributed by atoms with Gasteiger partial charge in [-0.25, -0.2) is 8.78 Å². The van der Waals surface area contributed by atoms with Gasteiger partial charge in [-0.2, -0.15) is 8.78 Å². The van der Waals surface area contributed by atoms with Gasteiger partial charge >= 0.3 is 6.61 Å². The predicted octanol–water partition coefficient (Wildman–Crippen LogP) is 3.05. The lowest BCUT2D eigenvalue weighted by Gasteiger charge is -2.18. The molecule has 0 bridgehead atoms. The second-order valence-corrected chi connectivity index (χ2v) is 4.40. The Bertz CT molecular complexity index is 420. The summed E-state index contributed by atoms with van der Waals surface area (Å²) in [5, 5.41) is 11.4. The Morgan fingerprint density at radius 3 is 2.50 bits per heavy atom. The van der Waals surface area contributed by atoms with E-state index in [1.54, 1.807) is 0 Å². The maximum Gasteiger partial charge on any atom is 0.387 e. The number of benzene rings is 1. The van der Waals surface area contributed by atoms with E-state index in [1.807, 2.05) is 0 Å². The molecule has 114 valence electrons. The highest BCUT2D eigenvalue weighted by Crippen LogP contribution is 2.24. The summed E-state index contributed by atoms with van der Waals surface area (Å²) in [4.78, 5) is 0. The molecule has 0 heterocycles. The molecule has 0 aromatic heterocycles. The highest BCUT2D eigenvalue weighted by atomic mass is 35.5. The number of hydrogen-bond donors (Lipinski definition) is 2. The number of nitrogens with one attached hydrogen (secondary N) is 1. The van der Waals surface area contributed by atoms with Gasteiger partial charge in [0, 0.05) is 23.7 Å². The molecule has 0 saturated carbocycles. The first-order valence-corrected chi connectivity index (χ1v) is 6.17. The molecule has 0 amide bonds. The molecule has 0 radical (unpaired) electrons. The van der Waals surface area contributed by atoms with Gasteiger partial charge in [-0.1, -0.05) is 11.6 Å². The predicted molar refractivity (Wildman–Crippen MR) is 66.4 cm³/mol. The van der Waals surface area contributed by atoms with Gasteiger partial charge in [-0.3, -0.25) is 0 Å². The van der Waals surface area contributed by atoms with Crippen LogP contribution in [0, 0.1) is 0 Å².